The number of halogens is 1. The van der Waals surface area contributed by atoms with E-state index in [2.05, 4.69) is 15.3 Å². The highest BCUT2D eigenvalue weighted by atomic mass is 35.5. The molecule has 2 N–H and O–H groups in total. The number of fused-ring (bicyclic) bond motifs is 1. The second-order valence-corrected chi connectivity index (χ2v) is 7.67. The lowest BCUT2D eigenvalue weighted by Gasteiger charge is -2.38. The van der Waals surface area contributed by atoms with Crippen molar-refractivity contribution >= 4 is 40.8 Å². The van der Waals surface area contributed by atoms with Crippen molar-refractivity contribution in [3.8, 4) is 0 Å². The SMILES string of the molecule is C[C@H]1CN(Cc2ccn3ncc(N4CCC(=O)NC4=O)c3c2Cl)CCN1C(=O)O. The van der Waals surface area contributed by atoms with Gasteiger partial charge in [0.25, 0.3) is 0 Å². The number of anilines is 1. The minimum Gasteiger partial charge on any atom is -0.465 e. The van der Waals surface area contributed by atoms with Crippen molar-refractivity contribution in [2.24, 2.45) is 0 Å². The lowest BCUT2D eigenvalue weighted by Crippen LogP contribution is -2.53. The third-order valence-corrected chi connectivity index (χ3v) is 5.80. The van der Waals surface area contributed by atoms with Crippen molar-refractivity contribution in [3.05, 3.63) is 29.0 Å². The zero-order valence-corrected chi connectivity index (χ0v) is 16.6. The second kappa shape index (κ2) is 7.53. The van der Waals surface area contributed by atoms with Crippen molar-refractivity contribution in [1.82, 2.24) is 24.7 Å². The van der Waals surface area contributed by atoms with Crippen LogP contribution in [0.1, 0.15) is 18.9 Å². The quantitative estimate of drug-likeness (QED) is 0.780. The van der Waals surface area contributed by atoms with Crippen LogP contribution in [-0.4, -0.2) is 74.8 Å². The van der Waals surface area contributed by atoms with Crippen LogP contribution in [0.15, 0.2) is 18.5 Å². The summed E-state index contributed by atoms with van der Waals surface area (Å²) < 4.78 is 1.61. The molecule has 0 saturated carbocycles. The van der Waals surface area contributed by atoms with Crippen LogP contribution in [0.2, 0.25) is 5.02 Å². The van der Waals surface area contributed by atoms with E-state index in [4.69, 9.17) is 11.6 Å². The van der Waals surface area contributed by atoms with Gasteiger partial charge in [-0.3, -0.25) is 19.9 Å². The van der Waals surface area contributed by atoms with Crippen molar-refractivity contribution < 1.29 is 19.5 Å². The Morgan fingerprint density at radius 2 is 2.14 bits per heavy atom. The second-order valence-electron chi connectivity index (χ2n) is 7.29. The first-order valence-electron chi connectivity index (χ1n) is 9.33. The standard InChI is InChI=1S/C18H21ClN6O4/c1-11-9-22(6-7-23(11)18(28)29)10-12-2-5-25-16(15(12)19)13(8-20-25)24-4-3-14(26)21-17(24)27/h2,5,8,11H,3-4,6-7,9-10H2,1H3,(H,28,29)(H,21,26,27)/t11-/m0/s1. The van der Waals surface area contributed by atoms with Gasteiger partial charge in [-0.1, -0.05) is 11.6 Å². The Balaban J connectivity index is 1.59. The molecule has 0 radical (unpaired) electrons. The van der Waals surface area contributed by atoms with Crippen LogP contribution >= 0.6 is 11.6 Å². The van der Waals surface area contributed by atoms with Gasteiger partial charge in [0, 0.05) is 51.4 Å². The molecule has 0 unspecified atom stereocenters. The van der Waals surface area contributed by atoms with Gasteiger partial charge in [0.05, 0.1) is 16.9 Å². The van der Waals surface area contributed by atoms with E-state index in [0.717, 1.165) is 5.56 Å². The van der Waals surface area contributed by atoms with E-state index in [1.165, 1.54) is 9.80 Å². The minimum absolute atomic E-state index is 0.108. The molecule has 2 aliphatic heterocycles. The molecule has 29 heavy (non-hydrogen) atoms. The zero-order valence-electron chi connectivity index (χ0n) is 15.8. The van der Waals surface area contributed by atoms with Gasteiger partial charge in [0.1, 0.15) is 5.52 Å². The summed E-state index contributed by atoms with van der Waals surface area (Å²) >= 11 is 6.70. The summed E-state index contributed by atoms with van der Waals surface area (Å²) in [6.45, 7) is 4.37. The fourth-order valence-electron chi connectivity index (χ4n) is 3.88. The number of rotatable bonds is 3. The largest absolute Gasteiger partial charge is 0.465 e. The van der Waals surface area contributed by atoms with Gasteiger partial charge in [0.2, 0.25) is 5.91 Å². The highest BCUT2D eigenvalue weighted by Crippen LogP contribution is 2.32. The molecular formula is C18H21ClN6O4. The summed E-state index contributed by atoms with van der Waals surface area (Å²) in [5, 5.41) is 16.3. The number of hydrogen-bond donors (Lipinski definition) is 2. The number of carbonyl (C=O) groups is 3. The summed E-state index contributed by atoms with van der Waals surface area (Å²) in [6, 6.07) is 1.28. The number of carbonyl (C=O) groups excluding carboxylic acids is 2. The topological polar surface area (TPSA) is 110 Å². The molecule has 4 amide bonds. The molecule has 4 rings (SSSR count). The lowest BCUT2D eigenvalue weighted by molar-refractivity contribution is -0.120. The van der Waals surface area contributed by atoms with Gasteiger partial charge >= 0.3 is 12.1 Å². The summed E-state index contributed by atoms with van der Waals surface area (Å²) in [5.74, 6) is -0.302. The van der Waals surface area contributed by atoms with E-state index in [9.17, 15) is 19.5 Å². The van der Waals surface area contributed by atoms with E-state index in [0.29, 0.717) is 42.4 Å². The Kier molecular flexibility index (Phi) is 5.05. The number of carboxylic acid groups (broad SMARTS) is 1. The first-order valence-corrected chi connectivity index (χ1v) is 9.71. The Morgan fingerprint density at radius 1 is 1.34 bits per heavy atom. The normalized spacial score (nSPS) is 21.0. The third kappa shape index (κ3) is 3.60. The molecule has 0 bridgehead atoms. The summed E-state index contributed by atoms with van der Waals surface area (Å²) in [6.07, 6.45) is 2.66. The molecule has 0 aliphatic carbocycles. The first-order chi connectivity index (χ1) is 13.8. The molecule has 2 aromatic heterocycles. The van der Waals surface area contributed by atoms with Gasteiger partial charge in [-0.2, -0.15) is 5.10 Å². The minimum atomic E-state index is -0.904. The molecule has 4 heterocycles. The average molecular weight is 421 g/mol. The maximum absolute atomic E-state index is 12.2. The molecule has 2 aromatic rings. The molecule has 2 saturated heterocycles. The fourth-order valence-corrected chi connectivity index (χ4v) is 4.19. The van der Waals surface area contributed by atoms with Gasteiger partial charge in [-0.25, -0.2) is 14.1 Å². The van der Waals surface area contributed by atoms with Crippen molar-refractivity contribution in [2.75, 3.05) is 31.1 Å². The van der Waals surface area contributed by atoms with Gasteiger partial charge in [0.15, 0.2) is 0 Å². The molecular weight excluding hydrogens is 400 g/mol. The molecule has 0 spiro atoms. The van der Waals surface area contributed by atoms with Crippen LogP contribution < -0.4 is 10.2 Å². The number of urea groups is 1. The molecule has 11 heteroatoms. The van der Waals surface area contributed by atoms with Crippen molar-refractivity contribution in [2.45, 2.75) is 25.9 Å². The number of amides is 4. The van der Waals surface area contributed by atoms with Gasteiger partial charge in [-0.15, -0.1) is 0 Å². The molecule has 2 aliphatic rings. The van der Waals surface area contributed by atoms with E-state index in [-0.39, 0.29) is 24.9 Å². The lowest BCUT2D eigenvalue weighted by atomic mass is 10.1. The molecule has 10 nitrogen and oxygen atoms in total. The Hall–Kier alpha value is -2.85. The highest BCUT2D eigenvalue weighted by Gasteiger charge is 2.29. The fraction of sp³-hybridized carbons (Fsp3) is 0.444. The van der Waals surface area contributed by atoms with Gasteiger partial charge < -0.3 is 10.0 Å². The molecule has 0 aromatic carbocycles. The van der Waals surface area contributed by atoms with E-state index < -0.39 is 12.1 Å². The third-order valence-electron chi connectivity index (χ3n) is 5.38. The summed E-state index contributed by atoms with van der Waals surface area (Å²) in [5.41, 5.74) is 2.02. The summed E-state index contributed by atoms with van der Waals surface area (Å²) in [7, 11) is 0. The van der Waals surface area contributed by atoms with E-state index in [1.807, 2.05) is 13.0 Å². The van der Waals surface area contributed by atoms with Crippen LogP contribution in [0.3, 0.4) is 0 Å². The molecule has 2 fully saturated rings. The Morgan fingerprint density at radius 3 is 2.83 bits per heavy atom. The zero-order chi connectivity index (χ0) is 20.7. The highest BCUT2D eigenvalue weighted by molar-refractivity contribution is 6.35. The van der Waals surface area contributed by atoms with Crippen LogP contribution in [0.4, 0.5) is 15.3 Å². The van der Waals surface area contributed by atoms with E-state index in [1.54, 1.807) is 16.9 Å². The van der Waals surface area contributed by atoms with Crippen LogP contribution in [0.5, 0.6) is 0 Å². The number of imide groups is 1. The monoisotopic (exact) mass is 420 g/mol. The van der Waals surface area contributed by atoms with Crippen molar-refractivity contribution in [3.63, 3.8) is 0 Å². The van der Waals surface area contributed by atoms with Gasteiger partial charge in [-0.05, 0) is 18.6 Å². The maximum atomic E-state index is 12.2. The van der Waals surface area contributed by atoms with Crippen LogP contribution in [0, 0.1) is 0 Å². The van der Waals surface area contributed by atoms with Crippen molar-refractivity contribution in [1.29, 1.82) is 0 Å². The van der Waals surface area contributed by atoms with Crippen LogP contribution in [0.25, 0.3) is 5.52 Å². The Bertz CT molecular complexity index is 992. The average Bonchev–Trinajstić information content (AvgIpc) is 3.08. The number of pyridine rings is 1. The molecule has 1 atom stereocenters. The summed E-state index contributed by atoms with van der Waals surface area (Å²) in [4.78, 5) is 40.0. The van der Waals surface area contributed by atoms with E-state index >= 15 is 0 Å². The smallest absolute Gasteiger partial charge is 0.407 e. The number of nitrogens with one attached hydrogen (secondary N) is 1. The number of piperazine rings is 1. The number of aromatic nitrogens is 2. The number of nitrogens with zero attached hydrogens (tertiary/aromatic N) is 5. The maximum Gasteiger partial charge on any atom is 0.407 e. The number of hydrogen-bond acceptors (Lipinski definition) is 5. The first kappa shape index (κ1) is 19.5. The molecule has 154 valence electrons. The predicted molar refractivity (Wildman–Crippen MR) is 105 cm³/mol. The van der Waals surface area contributed by atoms with Crippen LogP contribution in [-0.2, 0) is 11.3 Å². The predicted octanol–water partition coefficient (Wildman–Crippen LogP) is 1.62. The Labute approximate surface area is 171 Å².